The fourth-order valence-corrected chi connectivity index (χ4v) is 3.82. The highest BCUT2D eigenvalue weighted by Gasteiger charge is 2.54. The smallest absolute Gasteiger partial charge is 0.128 e. The van der Waals surface area contributed by atoms with Crippen molar-refractivity contribution in [3.8, 4) is 0 Å². The van der Waals surface area contributed by atoms with Gasteiger partial charge in [-0.25, -0.2) is 4.39 Å². The first kappa shape index (κ1) is 10.3. The summed E-state index contributed by atoms with van der Waals surface area (Å²) in [6.07, 6.45) is 7.18. The van der Waals surface area contributed by atoms with Gasteiger partial charge in [0, 0.05) is 11.1 Å². The number of rotatable bonds is 1. The fourth-order valence-electron chi connectivity index (χ4n) is 3.82. The molecule has 0 saturated heterocycles. The van der Waals surface area contributed by atoms with Crippen LogP contribution in [0.4, 0.5) is 4.39 Å². The molecule has 0 amide bonds. The van der Waals surface area contributed by atoms with Crippen LogP contribution in [0.15, 0.2) is 24.3 Å². The van der Waals surface area contributed by atoms with Crippen molar-refractivity contribution in [2.75, 3.05) is 0 Å². The van der Waals surface area contributed by atoms with Crippen molar-refractivity contribution in [1.29, 1.82) is 0 Å². The van der Waals surface area contributed by atoms with Crippen molar-refractivity contribution in [1.82, 2.24) is 0 Å². The lowest BCUT2D eigenvalue weighted by molar-refractivity contribution is 0.0289. The van der Waals surface area contributed by atoms with Crippen LogP contribution in [0.2, 0.25) is 0 Å². The Morgan fingerprint density at radius 2 is 1.69 bits per heavy atom. The maximum Gasteiger partial charge on any atom is 0.128 e. The van der Waals surface area contributed by atoms with Crippen LogP contribution < -0.4 is 5.73 Å². The average Bonchev–Trinajstić information content (AvgIpc) is 2.66. The van der Waals surface area contributed by atoms with Gasteiger partial charge < -0.3 is 5.73 Å². The Hall–Kier alpha value is -0.890. The normalized spacial score (nSPS) is 25.6. The van der Waals surface area contributed by atoms with E-state index in [2.05, 4.69) is 0 Å². The monoisotopic (exact) mass is 219 g/mol. The molecule has 0 heterocycles. The molecule has 2 aliphatic rings. The van der Waals surface area contributed by atoms with E-state index in [0.717, 1.165) is 12.8 Å². The summed E-state index contributed by atoms with van der Waals surface area (Å²) in [5.41, 5.74) is 7.12. The Bertz CT molecular complexity index is 399. The maximum absolute atomic E-state index is 13.7. The lowest BCUT2D eigenvalue weighted by Gasteiger charge is -2.53. The van der Waals surface area contributed by atoms with E-state index in [0.29, 0.717) is 11.0 Å². The number of nitrogens with two attached hydrogens (primary N) is 1. The third kappa shape index (κ3) is 1.40. The summed E-state index contributed by atoms with van der Waals surface area (Å²) in [4.78, 5) is 0. The van der Waals surface area contributed by atoms with Gasteiger partial charge >= 0.3 is 0 Å². The second-order valence-electron chi connectivity index (χ2n) is 5.70. The molecule has 0 atom stereocenters. The number of hydrogen-bond acceptors (Lipinski definition) is 1. The summed E-state index contributed by atoms with van der Waals surface area (Å²) in [6, 6.07) is 6.97. The molecule has 0 aromatic heterocycles. The lowest BCUT2D eigenvalue weighted by atomic mass is 9.54. The van der Waals surface area contributed by atoms with Crippen LogP contribution in [0.25, 0.3) is 0 Å². The van der Waals surface area contributed by atoms with E-state index in [1.165, 1.54) is 31.7 Å². The Balaban J connectivity index is 1.84. The highest BCUT2D eigenvalue weighted by atomic mass is 19.1. The minimum Gasteiger partial charge on any atom is -0.321 e. The largest absolute Gasteiger partial charge is 0.321 e. The molecule has 0 bridgehead atoms. The average molecular weight is 219 g/mol. The molecule has 2 saturated carbocycles. The summed E-state index contributed by atoms with van der Waals surface area (Å²) in [6.45, 7) is 0. The van der Waals surface area contributed by atoms with E-state index in [1.54, 1.807) is 6.07 Å². The molecule has 1 aromatic rings. The third-order valence-corrected chi connectivity index (χ3v) is 4.46. The first-order chi connectivity index (χ1) is 7.64. The Morgan fingerprint density at radius 3 is 2.31 bits per heavy atom. The predicted molar refractivity (Wildman–Crippen MR) is 62.4 cm³/mol. The van der Waals surface area contributed by atoms with Gasteiger partial charge in [-0.05, 0) is 37.2 Å². The molecule has 2 N–H and O–H groups in total. The molecule has 0 aliphatic heterocycles. The summed E-state index contributed by atoms with van der Waals surface area (Å²) in [5, 5.41) is 0. The third-order valence-electron chi connectivity index (χ3n) is 4.46. The van der Waals surface area contributed by atoms with Crippen molar-refractivity contribution in [3.05, 3.63) is 35.6 Å². The van der Waals surface area contributed by atoms with Crippen molar-refractivity contribution >= 4 is 0 Å². The van der Waals surface area contributed by atoms with Gasteiger partial charge in [-0.3, -0.25) is 0 Å². The van der Waals surface area contributed by atoms with Gasteiger partial charge in [0.25, 0.3) is 0 Å². The Morgan fingerprint density at radius 1 is 1.06 bits per heavy atom. The van der Waals surface area contributed by atoms with Crippen molar-refractivity contribution < 1.29 is 4.39 Å². The van der Waals surface area contributed by atoms with E-state index in [-0.39, 0.29) is 5.82 Å². The van der Waals surface area contributed by atoms with E-state index >= 15 is 0 Å². The maximum atomic E-state index is 13.7. The number of halogens is 1. The molecule has 0 radical (unpaired) electrons. The van der Waals surface area contributed by atoms with E-state index in [1.807, 2.05) is 12.1 Å². The van der Waals surface area contributed by atoms with Crippen LogP contribution >= 0.6 is 0 Å². The molecule has 86 valence electrons. The van der Waals surface area contributed by atoms with Crippen LogP contribution in [0.3, 0.4) is 0 Å². The van der Waals surface area contributed by atoms with E-state index in [4.69, 9.17) is 5.73 Å². The van der Waals surface area contributed by atoms with Gasteiger partial charge in [0.05, 0.1) is 0 Å². The van der Waals surface area contributed by atoms with E-state index < -0.39 is 5.54 Å². The Kier molecular flexibility index (Phi) is 2.12. The molecule has 16 heavy (non-hydrogen) atoms. The zero-order valence-electron chi connectivity index (χ0n) is 9.51. The highest BCUT2D eigenvalue weighted by Crippen LogP contribution is 2.60. The first-order valence-corrected chi connectivity index (χ1v) is 6.18. The van der Waals surface area contributed by atoms with Crippen LogP contribution in [0, 0.1) is 11.2 Å². The first-order valence-electron chi connectivity index (χ1n) is 6.18. The predicted octanol–water partition coefficient (Wildman–Crippen LogP) is 3.33. The van der Waals surface area contributed by atoms with Crippen LogP contribution in [-0.4, -0.2) is 0 Å². The summed E-state index contributed by atoms with van der Waals surface area (Å²) >= 11 is 0. The van der Waals surface area contributed by atoms with Crippen LogP contribution in [0.1, 0.15) is 44.1 Å². The minimum absolute atomic E-state index is 0.141. The molecular weight excluding hydrogens is 201 g/mol. The molecular formula is C14H18FN. The number of hydrogen-bond donors (Lipinski definition) is 1. The zero-order chi connectivity index (χ0) is 11.2. The molecule has 1 spiro atoms. The molecule has 3 rings (SSSR count). The van der Waals surface area contributed by atoms with Gasteiger partial charge in [0.1, 0.15) is 5.82 Å². The summed E-state index contributed by atoms with van der Waals surface area (Å²) in [7, 11) is 0. The van der Waals surface area contributed by atoms with Crippen molar-refractivity contribution in [2.24, 2.45) is 11.1 Å². The molecule has 2 aliphatic carbocycles. The lowest BCUT2D eigenvalue weighted by Crippen LogP contribution is -2.54. The number of benzene rings is 1. The molecule has 2 heteroatoms. The van der Waals surface area contributed by atoms with Gasteiger partial charge in [-0.15, -0.1) is 0 Å². The van der Waals surface area contributed by atoms with Gasteiger partial charge in [-0.2, -0.15) is 0 Å². The van der Waals surface area contributed by atoms with Gasteiger partial charge in [-0.1, -0.05) is 31.0 Å². The van der Waals surface area contributed by atoms with Gasteiger partial charge in [0.2, 0.25) is 0 Å². The topological polar surface area (TPSA) is 26.0 Å². The zero-order valence-corrected chi connectivity index (χ0v) is 9.51. The standard InChI is InChI=1S/C14H18FN/c15-12-6-2-1-5-11(12)14(16)9-13(10-14)7-3-4-8-13/h1-2,5-6H,3-4,7-10,16H2. The quantitative estimate of drug-likeness (QED) is 0.770. The molecule has 1 nitrogen and oxygen atoms in total. The molecule has 0 unspecified atom stereocenters. The van der Waals surface area contributed by atoms with Crippen LogP contribution in [-0.2, 0) is 5.54 Å². The molecule has 2 fully saturated rings. The molecule has 1 aromatic carbocycles. The second kappa shape index (κ2) is 3.30. The highest BCUT2D eigenvalue weighted by molar-refractivity contribution is 5.30. The van der Waals surface area contributed by atoms with Gasteiger partial charge in [0.15, 0.2) is 0 Å². The fraction of sp³-hybridized carbons (Fsp3) is 0.571. The second-order valence-corrected chi connectivity index (χ2v) is 5.70. The SMILES string of the molecule is NC1(c2ccccc2F)CC2(CCCC2)C1. The van der Waals surface area contributed by atoms with Crippen LogP contribution in [0.5, 0.6) is 0 Å². The summed E-state index contributed by atoms with van der Waals surface area (Å²) < 4.78 is 13.7. The van der Waals surface area contributed by atoms with Crippen molar-refractivity contribution in [3.63, 3.8) is 0 Å². The van der Waals surface area contributed by atoms with E-state index in [9.17, 15) is 4.39 Å². The van der Waals surface area contributed by atoms with Crippen molar-refractivity contribution in [2.45, 2.75) is 44.1 Å². The Labute approximate surface area is 95.8 Å². The minimum atomic E-state index is -0.393. The summed E-state index contributed by atoms with van der Waals surface area (Å²) in [5.74, 6) is -0.141.